The van der Waals surface area contributed by atoms with Crippen molar-refractivity contribution in [3.63, 3.8) is 0 Å². The molecule has 0 spiro atoms. The number of aromatic nitrogens is 4. The van der Waals surface area contributed by atoms with Crippen molar-refractivity contribution in [1.82, 2.24) is 18.9 Å². The number of nitrogens with two attached hydrogens (primary N) is 1. The number of hydrogen-bond donors (Lipinski definition) is 1. The Kier molecular flexibility index (Phi) is 4.57. The molecule has 1 aliphatic rings. The molecule has 1 atom stereocenters. The Hall–Kier alpha value is -2.51. The van der Waals surface area contributed by atoms with Crippen LogP contribution in [-0.2, 0) is 17.4 Å². The number of allylic oxidation sites excluding steroid dienone is 4. The highest BCUT2D eigenvalue weighted by Gasteiger charge is 2.18. The molecule has 0 saturated carbocycles. The maximum absolute atomic E-state index is 13.1. The summed E-state index contributed by atoms with van der Waals surface area (Å²) in [4.78, 5) is 13.4. The Morgan fingerprint density at radius 1 is 1.23 bits per heavy atom. The third kappa shape index (κ3) is 3.27. The van der Waals surface area contributed by atoms with Crippen molar-refractivity contribution in [3.8, 4) is 0 Å². The van der Waals surface area contributed by atoms with Crippen LogP contribution >= 0.6 is 11.6 Å². The topological polar surface area (TPSA) is 86.7 Å². The van der Waals surface area contributed by atoms with Crippen LogP contribution in [-0.4, -0.2) is 23.1 Å². The van der Waals surface area contributed by atoms with Crippen molar-refractivity contribution in [2.45, 2.75) is 19.3 Å². The monoisotopic (exact) mass is 385 g/mol. The van der Waals surface area contributed by atoms with E-state index in [2.05, 4.69) is 21.0 Å². The van der Waals surface area contributed by atoms with Crippen molar-refractivity contribution >= 4 is 39.6 Å². The minimum absolute atomic E-state index is 0.235. The Labute approximate surface area is 158 Å². The van der Waals surface area contributed by atoms with Gasteiger partial charge in [0.15, 0.2) is 16.6 Å². The van der Waals surface area contributed by atoms with Crippen LogP contribution < -0.4 is 5.73 Å². The molecule has 3 aromatic heterocycles. The summed E-state index contributed by atoms with van der Waals surface area (Å²) >= 11 is 6.14. The molecule has 0 aliphatic heterocycles. The fourth-order valence-corrected chi connectivity index (χ4v) is 4.34. The predicted molar refractivity (Wildman–Crippen MR) is 104 cm³/mol. The van der Waals surface area contributed by atoms with E-state index in [-0.39, 0.29) is 5.95 Å². The van der Waals surface area contributed by atoms with E-state index in [9.17, 15) is 4.21 Å². The van der Waals surface area contributed by atoms with Gasteiger partial charge in [-0.1, -0.05) is 23.8 Å². The van der Waals surface area contributed by atoms with Crippen molar-refractivity contribution in [2.75, 3.05) is 5.73 Å². The van der Waals surface area contributed by atoms with Gasteiger partial charge in [0.05, 0.1) is 5.02 Å². The smallest absolute Gasteiger partial charge is 0.219 e. The highest BCUT2D eigenvalue weighted by molar-refractivity contribution is 7.87. The zero-order chi connectivity index (χ0) is 18.1. The maximum atomic E-state index is 13.1. The Morgan fingerprint density at radius 3 is 2.77 bits per heavy atom. The highest BCUT2D eigenvalue weighted by Crippen LogP contribution is 2.28. The van der Waals surface area contributed by atoms with Crippen molar-refractivity contribution < 1.29 is 4.21 Å². The number of hydrogen-bond acceptors (Lipinski definition) is 5. The fraction of sp³-hybridized carbons (Fsp3) is 0.167. The molecule has 8 heteroatoms. The van der Waals surface area contributed by atoms with E-state index in [1.807, 2.05) is 24.4 Å². The quantitative estimate of drug-likeness (QED) is 0.743. The lowest BCUT2D eigenvalue weighted by Gasteiger charge is -2.10. The molecule has 3 heterocycles. The maximum Gasteiger partial charge on any atom is 0.219 e. The van der Waals surface area contributed by atoms with Crippen molar-refractivity contribution in [3.05, 3.63) is 70.1 Å². The third-order valence-corrected chi connectivity index (χ3v) is 5.79. The molecule has 2 N–H and O–H groups in total. The highest BCUT2D eigenvalue weighted by atomic mass is 35.5. The van der Waals surface area contributed by atoms with E-state index in [1.165, 1.54) is 0 Å². The van der Waals surface area contributed by atoms with Crippen LogP contribution in [0.3, 0.4) is 0 Å². The summed E-state index contributed by atoms with van der Waals surface area (Å²) in [5, 5.41) is 1.41. The normalized spacial score (nSPS) is 15.2. The first kappa shape index (κ1) is 16.9. The van der Waals surface area contributed by atoms with E-state index in [1.54, 1.807) is 22.6 Å². The van der Waals surface area contributed by atoms with Crippen LogP contribution in [0.5, 0.6) is 0 Å². The molecule has 132 valence electrons. The average Bonchev–Trinajstić information content (AvgIpc) is 3.01. The van der Waals surface area contributed by atoms with E-state index >= 15 is 0 Å². The second kappa shape index (κ2) is 7.01. The molecule has 4 rings (SSSR count). The molecule has 0 radical (unpaired) electrons. The van der Waals surface area contributed by atoms with Gasteiger partial charge in [-0.15, -0.1) is 0 Å². The molecule has 0 saturated heterocycles. The minimum Gasteiger partial charge on any atom is -0.368 e. The van der Waals surface area contributed by atoms with E-state index in [0.29, 0.717) is 17.1 Å². The summed E-state index contributed by atoms with van der Waals surface area (Å²) in [5.74, 6) is 0.235. The van der Waals surface area contributed by atoms with Gasteiger partial charge >= 0.3 is 0 Å². The SMILES string of the molecule is Nc1ncc(Cc2cn(S(=O)C3=CC=CCC3)c3ncc(Cl)cc23)cn1. The summed E-state index contributed by atoms with van der Waals surface area (Å²) < 4.78 is 14.8. The molecule has 3 aromatic rings. The van der Waals surface area contributed by atoms with Crippen LogP contribution in [0.1, 0.15) is 24.0 Å². The second-order valence-electron chi connectivity index (χ2n) is 5.98. The van der Waals surface area contributed by atoms with Gasteiger partial charge in [-0.25, -0.2) is 23.1 Å². The van der Waals surface area contributed by atoms with Crippen LogP contribution in [0.2, 0.25) is 5.02 Å². The average molecular weight is 386 g/mol. The van der Waals surface area contributed by atoms with Crippen LogP contribution in [0, 0.1) is 0 Å². The molecule has 6 nitrogen and oxygen atoms in total. The number of pyridine rings is 1. The van der Waals surface area contributed by atoms with Gasteiger partial charge in [-0.2, -0.15) is 0 Å². The number of nitrogens with zero attached hydrogens (tertiary/aromatic N) is 4. The first-order valence-electron chi connectivity index (χ1n) is 8.11. The van der Waals surface area contributed by atoms with E-state index in [4.69, 9.17) is 17.3 Å². The number of halogens is 1. The first-order valence-corrected chi connectivity index (χ1v) is 9.60. The van der Waals surface area contributed by atoms with Gasteiger partial charge in [0.1, 0.15) is 0 Å². The molecule has 0 fully saturated rings. The minimum atomic E-state index is -1.32. The van der Waals surface area contributed by atoms with Gasteiger partial charge in [-0.05, 0) is 36.1 Å². The number of anilines is 1. The summed E-state index contributed by atoms with van der Waals surface area (Å²) in [6, 6.07) is 1.85. The summed E-state index contributed by atoms with van der Waals surface area (Å²) in [7, 11) is -1.32. The number of nitrogen functional groups attached to an aromatic ring is 1. The number of rotatable bonds is 4. The second-order valence-corrected chi connectivity index (χ2v) is 7.83. The molecular weight excluding hydrogens is 370 g/mol. The summed E-state index contributed by atoms with van der Waals surface area (Å²) in [6.45, 7) is 0. The molecule has 26 heavy (non-hydrogen) atoms. The fourth-order valence-electron chi connectivity index (χ4n) is 2.91. The van der Waals surface area contributed by atoms with Gasteiger partial charge in [0.2, 0.25) is 5.95 Å². The van der Waals surface area contributed by atoms with Gasteiger partial charge in [-0.3, -0.25) is 0 Å². The van der Waals surface area contributed by atoms with Crippen molar-refractivity contribution in [1.29, 1.82) is 0 Å². The van der Waals surface area contributed by atoms with E-state index < -0.39 is 11.0 Å². The zero-order valence-electron chi connectivity index (χ0n) is 13.8. The molecular formula is C18H16ClN5OS. The lowest BCUT2D eigenvalue weighted by atomic mass is 10.1. The first-order chi connectivity index (χ1) is 12.6. The Bertz CT molecular complexity index is 1060. The Morgan fingerprint density at radius 2 is 2.04 bits per heavy atom. The Balaban J connectivity index is 1.79. The molecule has 0 amide bonds. The van der Waals surface area contributed by atoms with Gasteiger partial charge < -0.3 is 5.73 Å². The molecule has 0 aromatic carbocycles. The van der Waals surface area contributed by atoms with Gasteiger partial charge in [0, 0.05) is 41.5 Å². The summed E-state index contributed by atoms with van der Waals surface area (Å²) in [6.07, 6.45) is 15.0. The lowest BCUT2D eigenvalue weighted by Crippen LogP contribution is -2.07. The number of fused-ring (bicyclic) bond motifs is 1. The van der Waals surface area contributed by atoms with Crippen molar-refractivity contribution in [2.24, 2.45) is 0 Å². The summed E-state index contributed by atoms with van der Waals surface area (Å²) in [5.41, 5.74) is 8.07. The predicted octanol–water partition coefficient (Wildman–Crippen LogP) is 3.40. The largest absolute Gasteiger partial charge is 0.368 e. The lowest BCUT2D eigenvalue weighted by molar-refractivity contribution is 0.680. The standard InChI is InChI=1S/C18H16ClN5OS/c19-14-7-16-13(6-12-8-22-18(20)23-9-12)11-24(17(16)21-10-14)26(25)15-4-2-1-3-5-15/h1-2,4,7-11H,3,5-6H2,(H2,20,22,23). The zero-order valence-corrected chi connectivity index (χ0v) is 15.4. The molecule has 0 bridgehead atoms. The van der Waals surface area contributed by atoms with Crippen LogP contribution in [0.4, 0.5) is 5.95 Å². The van der Waals surface area contributed by atoms with E-state index in [0.717, 1.165) is 34.3 Å². The van der Waals surface area contributed by atoms with Crippen LogP contribution in [0.15, 0.2) is 54.0 Å². The van der Waals surface area contributed by atoms with Gasteiger partial charge in [0.25, 0.3) is 0 Å². The molecule has 1 aliphatic carbocycles. The third-order valence-electron chi connectivity index (χ3n) is 4.16. The molecule has 1 unspecified atom stereocenters. The van der Waals surface area contributed by atoms with Crippen LogP contribution in [0.25, 0.3) is 11.0 Å².